The lowest BCUT2D eigenvalue weighted by atomic mass is 10.0. The minimum atomic E-state index is -0.833. The van der Waals surface area contributed by atoms with E-state index in [4.69, 9.17) is 15.0 Å². The molecule has 0 atom stereocenters. The van der Waals surface area contributed by atoms with E-state index in [9.17, 15) is 4.79 Å². The van der Waals surface area contributed by atoms with Gasteiger partial charge < -0.3 is 10.2 Å². The zero-order chi connectivity index (χ0) is 13.0. The van der Waals surface area contributed by atoms with Gasteiger partial charge in [0.2, 0.25) is 0 Å². The van der Waals surface area contributed by atoms with Crippen LogP contribution < -0.4 is 0 Å². The molecule has 16 heavy (non-hydrogen) atoms. The summed E-state index contributed by atoms with van der Waals surface area (Å²) >= 11 is 0. The molecule has 0 rings (SSSR count). The van der Waals surface area contributed by atoms with Crippen LogP contribution in [0.15, 0.2) is 0 Å². The minimum Gasteiger partial charge on any atom is -0.481 e. The van der Waals surface area contributed by atoms with E-state index in [1.54, 1.807) is 0 Å². The van der Waals surface area contributed by atoms with Crippen LogP contribution in [0.25, 0.3) is 0 Å². The van der Waals surface area contributed by atoms with E-state index in [0.717, 1.165) is 25.7 Å². The Bertz CT molecular complexity index is 183. The topological polar surface area (TPSA) is 74.6 Å². The van der Waals surface area contributed by atoms with Gasteiger partial charge in [0.25, 0.3) is 5.97 Å². The fraction of sp³-hybridized carbons (Fsp3) is 0.833. The van der Waals surface area contributed by atoms with E-state index in [1.807, 2.05) is 0 Å². The van der Waals surface area contributed by atoms with E-state index in [0.29, 0.717) is 6.42 Å². The summed E-state index contributed by atoms with van der Waals surface area (Å²) in [5.41, 5.74) is 0. The monoisotopic (exact) mass is 232 g/mol. The minimum absolute atomic E-state index is 0.335. The number of rotatable bonds is 7. The molecule has 0 radical (unpaired) electrons. The number of hydrogen-bond acceptors (Lipinski definition) is 2. The van der Waals surface area contributed by atoms with Gasteiger partial charge in [-0.2, -0.15) is 0 Å². The van der Waals surface area contributed by atoms with Crippen molar-refractivity contribution in [1.82, 2.24) is 0 Å². The fourth-order valence-electron chi connectivity index (χ4n) is 1.18. The molecule has 4 heteroatoms. The Labute approximate surface area is 97.7 Å². The molecule has 0 aliphatic rings. The van der Waals surface area contributed by atoms with Gasteiger partial charge in [-0.05, 0) is 12.3 Å². The Morgan fingerprint density at radius 1 is 1.00 bits per heavy atom. The molecule has 2 N–H and O–H groups in total. The molecular weight excluding hydrogens is 208 g/mol. The summed E-state index contributed by atoms with van der Waals surface area (Å²) in [6.07, 6.45) is 5.95. The Hall–Kier alpha value is -1.06. The fourth-order valence-corrected chi connectivity index (χ4v) is 1.18. The van der Waals surface area contributed by atoms with Crippen molar-refractivity contribution in [3.63, 3.8) is 0 Å². The van der Waals surface area contributed by atoms with Crippen LogP contribution in [0, 0.1) is 5.92 Å². The first-order chi connectivity index (χ1) is 7.36. The first-order valence-electron chi connectivity index (χ1n) is 5.77. The summed E-state index contributed by atoms with van der Waals surface area (Å²) in [4.78, 5) is 19.1. The predicted molar refractivity (Wildman–Crippen MR) is 63.5 cm³/mol. The van der Waals surface area contributed by atoms with Crippen molar-refractivity contribution >= 4 is 11.9 Å². The molecule has 0 fully saturated rings. The Morgan fingerprint density at radius 3 is 1.81 bits per heavy atom. The van der Waals surface area contributed by atoms with Crippen LogP contribution in [0.3, 0.4) is 0 Å². The van der Waals surface area contributed by atoms with Crippen molar-refractivity contribution in [2.24, 2.45) is 5.92 Å². The van der Waals surface area contributed by atoms with Crippen molar-refractivity contribution in [2.45, 2.75) is 59.3 Å². The molecule has 4 nitrogen and oxygen atoms in total. The Balaban J connectivity index is 0. The molecule has 0 unspecified atom stereocenters. The molecule has 0 aromatic rings. The van der Waals surface area contributed by atoms with Crippen LogP contribution in [0.1, 0.15) is 59.3 Å². The molecule has 0 bridgehead atoms. The molecular formula is C12H24O4. The predicted octanol–water partition coefficient (Wildman–Crippen LogP) is 3.16. The summed E-state index contributed by atoms with van der Waals surface area (Å²) in [7, 11) is 0. The molecule has 0 spiro atoms. The number of carboxylic acid groups (broad SMARTS) is 2. The molecule has 0 amide bonds. The lowest BCUT2D eigenvalue weighted by Crippen LogP contribution is -1.94. The van der Waals surface area contributed by atoms with Crippen LogP contribution >= 0.6 is 0 Å². The Morgan fingerprint density at radius 2 is 1.44 bits per heavy atom. The third-order valence-electron chi connectivity index (χ3n) is 1.92. The van der Waals surface area contributed by atoms with E-state index < -0.39 is 11.9 Å². The lowest BCUT2D eigenvalue weighted by molar-refractivity contribution is -0.137. The van der Waals surface area contributed by atoms with Crippen molar-refractivity contribution in [3.8, 4) is 0 Å². The number of carbonyl (C=O) groups is 2. The molecule has 0 aromatic heterocycles. The van der Waals surface area contributed by atoms with Crippen molar-refractivity contribution in [1.29, 1.82) is 0 Å². The van der Waals surface area contributed by atoms with Gasteiger partial charge in [0.05, 0.1) is 0 Å². The summed E-state index contributed by atoms with van der Waals surface area (Å²) in [6, 6.07) is 0. The SMILES string of the molecule is CC(=O)O.CC(C)CCCCCCC(=O)O. The zero-order valence-electron chi connectivity index (χ0n) is 10.5. The van der Waals surface area contributed by atoms with E-state index >= 15 is 0 Å². The second-order valence-corrected chi connectivity index (χ2v) is 4.26. The summed E-state index contributed by atoms with van der Waals surface area (Å²) in [6.45, 7) is 5.52. The molecule has 0 heterocycles. The first-order valence-corrected chi connectivity index (χ1v) is 5.77. The molecule has 0 saturated carbocycles. The summed E-state index contributed by atoms with van der Waals surface area (Å²) in [5.74, 6) is -0.719. The van der Waals surface area contributed by atoms with Crippen molar-refractivity contribution in [3.05, 3.63) is 0 Å². The quantitative estimate of drug-likeness (QED) is 0.661. The highest BCUT2D eigenvalue weighted by Gasteiger charge is 1.97. The molecule has 96 valence electrons. The van der Waals surface area contributed by atoms with Gasteiger partial charge in [-0.15, -0.1) is 0 Å². The van der Waals surface area contributed by atoms with Gasteiger partial charge in [-0.3, -0.25) is 9.59 Å². The highest BCUT2D eigenvalue weighted by atomic mass is 16.4. The van der Waals surface area contributed by atoms with Crippen LogP contribution in [-0.4, -0.2) is 22.2 Å². The van der Waals surface area contributed by atoms with Crippen molar-refractivity contribution in [2.75, 3.05) is 0 Å². The van der Waals surface area contributed by atoms with E-state index in [2.05, 4.69) is 13.8 Å². The molecule has 0 aliphatic carbocycles. The maximum atomic E-state index is 10.1. The smallest absolute Gasteiger partial charge is 0.303 e. The zero-order valence-corrected chi connectivity index (χ0v) is 10.5. The second-order valence-electron chi connectivity index (χ2n) is 4.26. The van der Waals surface area contributed by atoms with Gasteiger partial charge in [0, 0.05) is 13.3 Å². The summed E-state index contributed by atoms with van der Waals surface area (Å²) in [5, 5.41) is 15.8. The maximum absolute atomic E-state index is 10.1. The van der Waals surface area contributed by atoms with E-state index in [1.165, 1.54) is 19.3 Å². The third-order valence-corrected chi connectivity index (χ3v) is 1.92. The molecule has 0 aromatic carbocycles. The van der Waals surface area contributed by atoms with Crippen molar-refractivity contribution < 1.29 is 19.8 Å². The average Bonchev–Trinajstić information content (AvgIpc) is 2.09. The lowest BCUT2D eigenvalue weighted by Gasteiger charge is -2.02. The van der Waals surface area contributed by atoms with Gasteiger partial charge in [0.1, 0.15) is 0 Å². The van der Waals surface area contributed by atoms with Gasteiger partial charge in [-0.1, -0.05) is 39.5 Å². The normalized spacial score (nSPS) is 9.50. The standard InChI is InChI=1S/C10H20O2.C2H4O2/c1-9(2)7-5-3-4-6-8-10(11)12;1-2(3)4/h9H,3-8H2,1-2H3,(H,11,12);1H3,(H,3,4). The van der Waals surface area contributed by atoms with E-state index in [-0.39, 0.29) is 0 Å². The number of carboxylic acids is 2. The summed E-state index contributed by atoms with van der Waals surface area (Å²) < 4.78 is 0. The van der Waals surface area contributed by atoms with Crippen LogP contribution in [-0.2, 0) is 9.59 Å². The van der Waals surface area contributed by atoms with Crippen LogP contribution in [0.4, 0.5) is 0 Å². The first kappa shape index (κ1) is 17.3. The number of aliphatic carboxylic acids is 2. The van der Waals surface area contributed by atoms with Gasteiger partial charge in [-0.25, -0.2) is 0 Å². The Kier molecular flexibility index (Phi) is 13.0. The van der Waals surface area contributed by atoms with Gasteiger partial charge in [0.15, 0.2) is 0 Å². The third kappa shape index (κ3) is 29.3. The van der Waals surface area contributed by atoms with Crippen LogP contribution in [0.5, 0.6) is 0 Å². The largest absolute Gasteiger partial charge is 0.481 e. The molecule has 0 saturated heterocycles. The average molecular weight is 232 g/mol. The highest BCUT2D eigenvalue weighted by molar-refractivity contribution is 5.66. The maximum Gasteiger partial charge on any atom is 0.303 e. The van der Waals surface area contributed by atoms with Crippen LogP contribution in [0.2, 0.25) is 0 Å². The second kappa shape index (κ2) is 12.0. The highest BCUT2D eigenvalue weighted by Crippen LogP contribution is 2.10. The molecule has 0 aliphatic heterocycles. The van der Waals surface area contributed by atoms with Gasteiger partial charge >= 0.3 is 5.97 Å². The number of unbranched alkanes of at least 4 members (excludes halogenated alkanes) is 3. The number of hydrogen-bond donors (Lipinski definition) is 2.